The van der Waals surface area contributed by atoms with Crippen molar-refractivity contribution in [2.75, 3.05) is 17.2 Å². The van der Waals surface area contributed by atoms with Crippen molar-refractivity contribution in [1.29, 1.82) is 0 Å². The molecule has 0 aliphatic carbocycles. The first kappa shape index (κ1) is 18.7. The lowest BCUT2D eigenvalue weighted by Gasteiger charge is -2.27. The molecule has 2 aliphatic heterocycles. The van der Waals surface area contributed by atoms with E-state index in [0.717, 1.165) is 0 Å². The van der Waals surface area contributed by atoms with Gasteiger partial charge in [0.1, 0.15) is 23.4 Å². The molecule has 0 saturated carbocycles. The summed E-state index contributed by atoms with van der Waals surface area (Å²) < 4.78 is 30.1. The number of halogens is 2. The number of rotatable bonds is 0. The summed E-state index contributed by atoms with van der Waals surface area (Å²) in [5.74, 6) is -0.278. The zero-order valence-electron chi connectivity index (χ0n) is 16.3. The maximum atomic E-state index is 14.5. The molecule has 3 aromatic rings. The summed E-state index contributed by atoms with van der Waals surface area (Å²) in [7, 11) is 0. The van der Waals surface area contributed by atoms with Gasteiger partial charge in [0.05, 0.1) is 18.8 Å². The standard InChI is InChI=1S/C20H21F2N7O/c1-10-2-3-14-13(6-11(21)8-24-14)15-7-12(22)9-28(15)16-4-5-29-19(26-16)17(18(23)27-29)20(30)25-10/h4-6,8,10,12,15H,2-3,7,9H2,1H3,(H2,23,27)(H,25,30)/t10-,12-,15+/m1/s1. The molecule has 0 unspecified atom stereocenters. The van der Waals surface area contributed by atoms with Gasteiger partial charge in [0.15, 0.2) is 11.5 Å². The number of hydrogen-bond donors (Lipinski definition) is 2. The molecule has 1 amide bonds. The number of nitrogens with one attached hydrogen (secondary N) is 1. The molecule has 5 heterocycles. The highest BCUT2D eigenvalue weighted by molar-refractivity contribution is 6.04. The molecule has 0 radical (unpaired) electrons. The lowest BCUT2D eigenvalue weighted by molar-refractivity contribution is 0.0940. The van der Waals surface area contributed by atoms with Crippen molar-refractivity contribution in [3.63, 3.8) is 0 Å². The number of aryl methyl sites for hydroxylation is 1. The van der Waals surface area contributed by atoms with E-state index in [1.54, 1.807) is 17.2 Å². The van der Waals surface area contributed by atoms with Crippen molar-refractivity contribution in [1.82, 2.24) is 24.9 Å². The fourth-order valence-corrected chi connectivity index (χ4v) is 4.35. The second-order valence-corrected chi connectivity index (χ2v) is 7.92. The van der Waals surface area contributed by atoms with Gasteiger partial charge in [-0.1, -0.05) is 0 Å². The van der Waals surface area contributed by atoms with Crippen molar-refractivity contribution in [3.05, 3.63) is 47.2 Å². The van der Waals surface area contributed by atoms with Crippen LogP contribution >= 0.6 is 0 Å². The van der Waals surface area contributed by atoms with Gasteiger partial charge < -0.3 is 16.0 Å². The normalized spacial score (nSPS) is 24.0. The molecule has 30 heavy (non-hydrogen) atoms. The van der Waals surface area contributed by atoms with E-state index in [-0.39, 0.29) is 36.3 Å². The molecule has 1 fully saturated rings. The Bertz CT molecular complexity index is 1150. The highest BCUT2D eigenvalue weighted by atomic mass is 19.1. The zero-order chi connectivity index (χ0) is 21.0. The van der Waals surface area contributed by atoms with Crippen LogP contribution < -0.4 is 16.0 Å². The maximum Gasteiger partial charge on any atom is 0.259 e. The van der Waals surface area contributed by atoms with Crippen molar-refractivity contribution in [3.8, 4) is 0 Å². The lowest BCUT2D eigenvalue weighted by Crippen LogP contribution is -2.33. The summed E-state index contributed by atoms with van der Waals surface area (Å²) >= 11 is 0. The second kappa shape index (κ2) is 6.89. The Morgan fingerprint density at radius 1 is 1.37 bits per heavy atom. The average molecular weight is 413 g/mol. The summed E-state index contributed by atoms with van der Waals surface area (Å²) in [6, 6.07) is 2.53. The number of pyridine rings is 1. The first-order valence-electron chi connectivity index (χ1n) is 9.91. The van der Waals surface area contributed by atoms with Gasteiger partial charge in [-0.15, -0.1) is 5.10 Å². The third-order valence-electron chi connectivity index (χ3n) is 5.79. The number of nitrogens with zero attached hydrogens (tertiary/aromatic N) is 5. The number of alkyl halides is 1. The molecule has 156 valence electrons. The monoisotopic (exact) mass is 413 g/mol. The number of anilines is 2. The molecule has 3 aromatic heterocycles. The van der Waals surface area contributed by atoms with Crippen LogP contribution in [0.25, 0.3) is 5.65 Å². The molecule has 0 spiro atoms. The smallest absolute Gasteiger partial charge is 0.259 e. The summed E-state index contributed by atoms with van der Waals surface area (Å²) in [6.07, 6.45) is 3.04. The first-order chi connectivity index (χ1) is 14.4. The minimum Gasteiger partial charge on any atom is -0.381 e. The summed E-state index contributed by atoms with van der Waals surface area (Å²) in [5, 5.41) is 7.10. The van der Waals surface area contributed by atoms with E-state index in [1.165, 1.54) is 16.8 Å². The van der Waals surface area contributed by atoms with Crippen LogP contribution in [0.2, 0.25) is 0 Å². The molecule has 5 rings (SSSR count). The predicted octanol–water partition coefficient (Wildman–Crippen LogP) is 2.20. The molecule has 0 aromatic carbocycles. The number of amides is 1. The van der Waals surface area contributed by atoms with Crippen LogP contribution in [0.5, 0.6) is 0 Å². The van der Waals surface area contributed by atoms with Crippen LogP contribution in [0.15, 0.2) is 24.5 Å². The van der Waals surface area contributed by atoms with Gasteiger partial charge in [0.2, 0.25) is 0 Å². The maximum absolute atomic E-state index is 14.5. The van der Waals surface area contributed by atoms with Crippen molar-refractivity contribution >= 4 is 23.2 Å². The number of nitrogens with two attached hydrogens (primary N) is 1. The average Bonchev–Trinajstić information content (AvgIpc) is 3.24. The van der Waals surface area contributed by atoms with Gasteiger partial charge in [0.25, 0.3) is 5.91 Å². The fourth-order valence-electron chi connectivity index (χ4n) is 4.35. The fraction of sp³-hybridized carbons (Fsp3) is 0.400. The van der Waals surface area contributed by atoms with E-state index in [2.05, 4.69) is 20.4 Å². The van der Waals surface area contributed by atoms with Crippen LogP contribution in [0.1, 0.15) is 47.4 Å². The van der Waals surface area contributed by atoms with Gasteiger partial charge in [0, 0.05) is 24.4 Å². The topological polar surface area (TPSA) is 101 Å². The summed E-state index contributed by atoms with van der Waals surface area (Å²) in [6.45, 7) is 1.99. The van der Waals surface area contributed by atoms with Gasteiger partial charge in [-0.25, -0.2) is 18.3 Å². The quantitative estimate of drug-likeness (QED) is 0.586. The van der Waals surface area contributed by atoms with Crippen LogP contribution in [0.4, 0.5) is 20.4 Å². The number of aromatic nitrogens is 4. The lowest BCUT2D eigenvalue weighted by atomic mass is 9.98. The van der Waals surface area contributed by atoms with Gasteiger partial charge in [-0.2, -0.15) is 0 Å². The minimum absolute atomic E-state index is 0.0765. The number of nitrogen functional groups attached to an aromatic ring is 1. The van der Waals surface area contributed by atoms with Gasteiger partial charge >= 0.3 is 0 Å². The number of hydrogen-bond acceptors (Lipinski definition) is 6. The van der Waals surface area contributed by atoms with E-state index in [0.29, 0.717) is 35.6 Å². The van der Waals surface area contributed by atoms with E-state index in [1.807, 2.05) is 6.92 Å². The largest absolute Gasteiger partial charge is 0.381 e. The number of carbonyl (C=O) groups is 1. The molecule has 8 nitrogen and oxygen atoms in total. The molecular weight excluding hydrogens is 392 g/mol. The van der Waals surface area contributed by atoms with E-state index >= 15 is 0 Å². The summed E-state index contributed by atoms with van der Waals surface area (Å²) in [5.41, 5.74) is 7.84. The van der Waals surface area contributed by atoms with Crippen LogP contribution in [0, 0.1) is 5.82 Å². The first-order valence-corrected chi connectivity index (χ1v) is 9.91. The zero-order valence-corrected chi connectivity index (χ0v) is 16.3. The SMILES string of the molecule is C[C@@H]1CCc2ncc(F)cc2[C@@H]2C[C@@H](F)CN2c2ccn3nc(N)c(c3n2)C(=O)N1. The van der Waals surface area contributed by atoms with Crippen molar-refractivity contribution in [2.45, 2.75) is 44.4 Å². The Labute approximate surface area is 171 Å². The third kappa shape index (κ3) is 3.03. The van der Waals surface area contributed by atoms with Crippen LogP contribution in [0.3, 0.4) is 0 Å². The summed E-state index contributed by atoms with van der Waals surface area (Å²) in [4.78, 5) is 23.6. The Kier molecular flexibility index (Phi) is 4.30. The molecule has 10 heteroatoms. The second-order valence-electron chi connectivity index (χ2n) is 7.92. The Hall–Kier alpha value is -3.30. The molecule has 3 N–H and O–H groups in total. The Morgan fingerprint density at radius 3 is 3.03 bits per heavy atom. The molecule has 2 bridgehead atoms. The Morgan fingerprint density at radius 2 is 2.20 bits per heavy atom. The van der Waals surface area contributed by atoms with Gasteiger partial charge in [-0.3, -0.25) is 9.78 Å². The third-order valence-corrected chi connectivity index (χ3v) is 5.79. The van der Waals surface area contributed by atoms with Crippen LogP contribution in [-0.4, -0.2) is 44.2 Å². The minimum atomic E-state index is -1.09. The highest BCUT2D eigenvalue weighted by Crippen LogP contribution is 2.38. The molecule has 3 atom stereocenters. The predicted molar refractivity (Wildman–Crippen MR) is 106 cm³/mol. The van der Waals surface area contributed by atoms with E-state index < -0.39 is 18.0 Å². The Balaban J connectivity index is 1.72. The van der Waals surface area contributed by atoms with Gasteiger partial charge in [-0.05, 0) is 37.5 Å². The molecule has 1 saturated heterocycles. The number of carbonyl (C=O) groups excluding carboxylic acids is 1. The van der Waals surface area contributed by atoms with Crippen molar-refractivity contribution < 1.29 is 13.6 Å². The van der Waals surface area contributed by atoms with Crippen molar-refractivity contribution in [2.24, 2.45) is 0 Å². The molecule has 2 aliphatic rings. The van der Waals surface area contributed by atoms with E-state index in [4.69, 9.17) is 5.73 Å². The van der Waals surface area contributed by atoms with E-state index in [9.17, 15) is 13.6 Å². The highest BCUT2D eigenvalue weighted by Gasteiger charge is 2.36. The number of fused-ring (bicyclic) bond motifs is 5. The molecular formula is C20H21F2N7O. The van der Waals surface area contributed by atoms with Crippen LogP contribution in [-0.2, 0) is 6.42 Å².